The number of fused-ring (bicyclic) bond motifs is 1. The highest BCUT2D eigenvalue weighted by atomic mass is 35.5. The fourth-order valence-electron chi connectivity index (χ4n) is 3.69. The Morgan fingerprint density at radius 3 is 2.94 bits per heavy atom. The van der Waals surface area contributed by atoms with Crippen LogP contribution in [-0.2, 0) is 0 Å². The van der Waals surface area contributed by atoms with Crippen molar-refractivity contribution in [3.63, 3.8) is 0 Å². The standard InChI is InChI=1S/C22H23ClN6O2/c1-13(2)9-16(15-10-14(23)5-6-19(15)31-3)20-18(12-25-28-20)27-22(30)17-11-26-29-8-4-7-24-21(17)29/h4-8,10-13,16H,9H2,1-3H3,(H,25,28)(H,27,30). The summed E-state index contributed by atoms with van der Waals surface area (Å²) in [6.45, 7) is 4.28. The van der Waals surface area contributed by atoms with Crippen LogP contribution in [0.4, 0.5) is 5.69 Å². The number of methoxy groups -OCH3 is 1. The molecule has 1 atom stereocenters. The normalized spacial score (nSPS) is 12.3. The zero-order valence-electron chi connectivity index (χ0n) is 17.5. The minimum absolute atomic E-state index is 0.103. The summed E-state index contributed by atoms with van der Waals surface area (Å²) in [5, 5.41) is 15.0. The molecule has 0 radical (unpaired) electrons. The maximum absolute atomic E-state index is 13.0. The van der Waals surface area contributed by atoms with Crippen LogP contribution in [0.25, 0.3) is 5.65 Å². The van der Waals surface area contributed by atoms with E-state index in [1.807, 2.05) is 12.1 Å². The van der Waals surface area contributed by atoms with E-state index in [1.165, 1.54) is 6.20 Å². The predicted molar refractivity (Wildman–Crippen MR) is 119 cm³/mol. The number of benzene rings is 1. The number of nitrogens with one attached hydrogen (secondary N) is 2. The largest absolute Gasteiger partial charge is 0.496 e. The SMILES string of the molecule is COc1ccc(Cl)cc1C(CC(C)C)c1[nH]ncc1NC(=O)c1cnn2cccnc12. The Kier molecular flexibility index (Phi) is 5.90. The van der Waals surface area contributed by atoms with Crippen molar-refractivity contribution in [3.05, 3.63) is 70.9 Å². The number of H-pyrrole nitrogens is 1. The molecule has 0 aliphatic heterocycles. The first-order valence-corrected chi connectivity index (χ1v) is 10.3. The summed E-state index contributed by atoms with van der Waals surface area (Å²) < 4.78 is 7.15. The first-order chi connectivity index (χ1) is 15.0. The lowest BCUT2D eigenvalue weighted by atomic mass is 9.86. The number of aromatic nitrogens is 5. The summed E-state index contributed by atoms with van der Waals surface area (Å²) in [6, 6.07) is 7.30. The number of halogens is 1. The lowest BCUT2D eigenvalue weighted by molar-refractivity contribution is 0.102. The summed E-state index contributed by atoms with van der Waals surface area (Å²) >= 11 is 6.30. The Morgan fingerprint density at radius 2 is 2.16 bits per heavy atom. The number of rotatable bonds is 7. The molecule has 9 heteroatoms. The summed E-state index contributed by atoms with van der Waals surface area (Å²) in [5.74, 6) is 0.698. The van der Waals surface area contributed by atoms with Gasteiger partial charge in [-0.3, -0.25) is 9.89 Å². The van der Waals surface area contributed by atoms with E-state index in [0.717, 1.165) is 23.4 Å². The van der Waals surface area contributed by atoms with Gasteiger partial charge in [0.05, 0.1) is 30.9 Å². The molecule has 0 aliphatic rings. The van der Waals surface area contributed by atoms with Gasteiger partial charge in [-0.25, -0.2) is 9.50 Å². The zero-order chi connectivity index (χ0) is 22.0. The first-order valence-electron chi connectivity index (χ1n) is 9.94. The van der Waals surface area contributed by atoms with E-state index in [-0.39, 0.29) is 11.8 Å². The second kappa shape index (κ2) is 8.77. The van der Waals surface area contributed by atoms with E-state index in [2.05, 4.69) is 39.4 Å². The predicted octanol–water partition coefficient (Wildman–Crippen LogP) is 4.54. The van der Waals surface area contributed by atoms with Crippen molar-refractivity contribution < 1.29 is 9.53 Å². The van der Waals surface area contributed by atoms with Gasteiger partial charge in [-0.1, -0.05) is 25.4 Å². The average Bonchev–Trinajstić information content (AvgIpc) is 3.38. The molecule has 1 unspecified atom stereocenters. The number of anilines is 1. The van der Waals surface area contributed by atoms with Crippen molar-refractivity contribution in [3.8, 4) is 5.75 Å². The molecule has 1 aromatic carbocycles. The third kappa shape index (κ3) is 4.25. The molecule has 1 amide bonds. The smallest absolute Gasteiger partial charge is 0.261 e. The van der Waals surface area contributed by atoms with E-state index in [4.69, 9.17) is 16.3 Å². The van der Waals surface area contributed by atoms with Gasteiger partial charge in [0.1, 0.15) is 11.3 Å². The van der Waals surface area contributed by atoms with Crippen molar-refractivity contribution in [2.75, 3.05) is 12.4 Å². The second-order valence-electron chi connectivity index (χ2n) is 7.67. The molecule has 2 N–H and O–H groups in total. The molecular weight excluding hydrogens is 416 g/mol. The molecule has 0 bridgehead atoms. The highest BCUT2D eigenvalue weighted by Gasteiger charge is 2.26. The highest BCUT2D eigenvalue weighted by molar-refractivity contribution is 6.30. The third-order valence-electron chi connectivity index (χ3n) is 5.06. The minimum atomic E-state index is -0.308. The van der Waals surface area contributed by atoms with Crippen LogP contribution in [0.1, 0.15) is 47.8 Å². The Balaban J connectivity index is 1.71. The molecular formula is C22H23ClN6O2. The average molecular weight is 439 g/mol. The number of hydrogen-bond donors (Lipinski definition) is 2. The van der Waals surface area contributed by atoms with E-state index in [9.17, 15) is 4.79 Å². The summed E-state index contributed by atoms with van der Waals surface area (Å²) in [6.07, 6.45) is 7.29. The van der Waals surface area contributed by atoms with Gasteiger partial charge >= 0.3 is 0 Å². The van der Waals surface area contributed by atoms with Crippen LogP contribution in [0.2, 0.25) is 5.02 Å². The van der Waals surface area contributed by atoms with E-state index < -0.39 is 0 Å². The summed E-state index contributed by atoms with van der Waals surface area (Å²) in [7, 11) is 1.63. The Hall–Kier alpha value is -3.39. The quantitative estimate of drug-likeness (QED) is 0.441. The molecule has 0 fully saturated rings. The Labute approximate surface area is 184 Å². The third-order valence-corrected chi connectivity index (χ3v) is 5.30. The molecule has 0 saturated heterocycles. The van der Waals surface area contributed by atoms with Gasteiger partial charge in [-0.15, -0.1) is 0 Å². The molecule has 3 heterocycles. The Bertz CT molecular complexity index is 1220. The summed E-state index contributed by atoms with van der Waals surface area (Å²) in [4.78, 5) is 17.3. The van der Waals surface area contributed by atoms with Gasteiger partial charge in [0.2, 0.25) is 0 Å². The molecule has 0 aliphatic carbocycles. The van der Waals surface area contributed by atoms with Gasteiger partial charge in [0.25, 0.3) is 5.91 Å². The number of aromatic amines is 1. The topological polar surface area (TPSA) is 97.2 Å². The van der Waals surface area contributed by atoms with Gasteiger partial charge in [-0.05, 0) is 36.6 Å². The molecule has 0 saturated carbocycles. The van der Waals surface area contributed by atoms with Crippen LogP contribution >= 0.6 is 11.6 Å². The van der Waals surface area contributed by atoms with Crippen molar-refractivity contribution >= 4 is 28.8 Å². The minimum Gasteiger partial charge on any atom is -0.496 e. The van der Waals surface area contributed by atoms with Crippen LogP contribution in [0, 0.1) is 5.92 Å². The lowest BCUT2D eigenvalue weighted by Gasteiger charge is -2.22. The molecule has 4 aromatic rings. The molecule has 0 spiro atoms. The highest BCUT2D eigenvalue weighted by Crippen LogP contribution is 2.39. The number of carbonyl (C=O) groups excluding carboxylic acids is 1. The van der Waals surface area contributed by atoms with E-state index >= 15 is 0 Å². The summed E-state index contributed by atoms with van der Waals surface area (Å²) in [5.41, 5.74) is 3.18. The molecule has 4 rings (SSSR count). The van der Waals surface area contributed by atoms with Crippen LogP contribution in [-0.4, -0.2) is 37.8 Å². The maximum atomic E-state index is 13.0. The van der Waals surface area contributed by atoms with Crippen molar-refractivity contribution in [1.29, 1.82) is 0 Å². The van der Waals surface area contributed by atoms with E-state index in [0.29, 0.717) is 27.8 Å². The number of nitrogens with zero attached hydrogens (tertiary/aromatic N) is 4. The van der Waals surface area contributed by atoms with Gasteiger partial charge in [0.15, 0.2) is 5.65 Å². The second-order valence-corrected chi connectivity index (χ2v) is 8.10. The number of carbonyl (C=O) groups is 1. The molecule has 8 nitrogen and oxygen atoms in total. The molecule has 3 aromatic heterocycles. The molecule has 31 heavy (non-hydrogen) atoms. The van der Waals surface area contributed by atoms with Gasteiger partial charge in [-0.2, -0.15) is 10.2 Å². The fourth-order valence-corrected chi connectivity index (χ4v) is 3.87. The number of ether oxygens (including phenoxy) is 1. The zero-order valence-corrected chi connectivity index (χ0v) is 18.2. The van der Waals surface area contributed by atoms with Gasteiger partial charge < -0.3 is 10.1 Å². The van der Waals surface area contributed by atoms with E-state index in [1.54, 1.807) is 42.3 Å². The monoisotopic (exact) mass is 438 g/mol. The first kappa shape index (κ1) is 20.9. The van der Waals surface area contributed by atoms with Crippen molar-refractivity contribution in [2.24, 2.45) is 5.92 Å². The number of amides is 1. The molecule has 160 valence electrons. The van der Waals surface area contributed by atoms with Crippen molar-refractivity contribution in [1.82, 2.24) is 24.8 Å². The lowest BCUT2D eigenvalue weighted by Crippen LogP contribution is -2.15. The van der Waals surface area contributed by atoms with Crippen LogP contribution < -0.4 is 10.1 Å². The maximum Gasteiger partial charge on any atom is 0.261 e. The van der Waals surface area contributed by atoms with Crippen molar-refractivity contribution in [2.45, 2.75) is 26.2 Å². The number of hydrogen-bond acceptors (Lipinski definition) is 5. The van der Waals surface area contributed by atoms with Crippen LogP contribution in [0.3, 0.4) is 0 Å². The van der Waals surface area contributed by atoms with Crippen LogP contribution in [0.15, 0.2) is 49.1 Å². The van der Waals surface area contributed by atoms with Crippen LogP contribution in [0.5, 0.6) is 5.75 Å². The fraction of sp³-hybridized carbons (Fsp3) is 0.273. The van der Waals surface area contributed by atoms with Gasteiger partial charge in [0, 0.05) is 28.9 Å². The Morgan fingerprint density at radius 1 is 1.32 bits per heavy atom.